The van der Waals surface area contributed by atoms with E-state index in [2.05, 4.69) is 17.2 Å². The third-order valence-electron chi connectivity index (χ3n) is 6.05. The maximum absolute atomic E-state index is 15.0. The van der Waals surface area contributed by atoms with E-state index in [0.29, 0.717) is 17.8 Å². The minimum atomic E-state index is -0.636. The molecular weight excluding hydrogens is 485 g/mol. The lowest BCUT2D eigenvalue weighted by Gasteiger charge is -2.20. The Hall–Kier alpha value is -4.46. The summed E-state index contributed by atoms with van der Waals surface area (Å²) in [5, 5.41) is 3.40. The van der Waals surface area contributed by atoms with Crippen LogP contribution in [0, 0.1) is 5.82 Å². The predicted molar refractivity (Wildman–Crippen MR) is 145 cm³/mol. The first-order valence-corrected chi connectivity index (χ1v) is 12.4. The maximum Gasteiger partial charge on any atom is 0.244 e. The molecule has 4 rings (SSSR count). The van der Waals surface area contributed by atoms with Crippen molar-refractivity contribution in [1.82, 2.24) is 9.88 Å². The molecule has 0 fully saturated rings. The van der Waals surface area contributed by atoms with Gasteiger partial charge >= 0.3 is 0 Å². The van der Waals surface area contributed by atoms with Crippen molar-refractivity contribution < 1.29 is 23.5 Å². The van der Waals surface area contributed by atoms with Crippen molar-refractivity contribution >= 4 is 28.4 Å². The van der Waals surface area contributed by atoms with Gasteiger partial charge in [-0.1, -0.05) is 43.7 Å². The molecule has 1 heterocycles. The highest BCUT2D eigenvalue weighted by Gasteiger charge is 2.16. The van der Waals surface area contributed by atoms with Gasteiger partial charge in [0.1, 0.15) is 18.0 Å². The maximum atomic E-state index is 15.0. The van der Waals surface area contributed by atoms with Crippen LogP contribution in [0.4, 0.5) is 10.1 Å². The number of rotatable bonds is 10. The van der Waals surface area contributed by atoms with Crippen LogP contribution < -0.4 is 14.8 Å². The Morgan fingerprint density at radius 2 is 1.79 bits per heavy atom. The zero-order chi connectivity index (χ0) is 27.1. The van der Waals surface area contributed by atoms with Gasteiger partial charge in [0.2, 0.25) is 11.8 Å². The summed E-state index contributed by atoms with van der Waals surface area (Å²) in [6.45, 7) is 3.64. The zero-order valence-corrected chi connectivity index (χ0v) is 21.7. The first-order valence-electron chi connectivity index (χ1n) is 12.4. The fourth-order valence-corrected chi connectivity index (χ4v) is 4.17. The van der Waals surface area contributed by atoms with Gasteiger partial charge in [-0.2, -0.15) is 0 Å². The largest absolute Gasteiger partial charge is 0.496 e. The van der Waals surface area contributed by atoms with E-state index in [4.69, 9.17) is 9.47 Å². The first-order chi connectivity index (χ1) is 18.4. The highest BCUT2D eigenvalue weighted by molar-refractivity contribution is 5.94. The zero-order valence-electron chi connectivity index (χ0n) is 21.7. The van der Waals surface area contributed by atoms with E-state index >= 15 is 4.39 Å². The smallest absolute Gasteiger partial charge is 0.244 e. The summed E-state index contributed by atoms with van der Waals surface area (Å²) in [6.07, 6.45) is 3.36. The number of pyridine rings is 1. The minimum Gasteiger partial charge on any atom is -0.496 e. The number of carbonyl (C=O) groups is 2. The molecule has 0 aliphatic carbocycles. The van der Waals surface area contributed by atoms with Gasteiger partial charge < -0.3 is 19.7 Å². The van der Waals surface area contributed by atoms with Crippen molar-refractivity contribution in [3.05, 3.63) is 89.9 Å². The van der Waals surface area contributed by atoms with Crippen LogP contribution in [0.25, 0.3) is 10.9 Å². The van der Waals surface area contributed by atoms with Gasteiger partial charge in [0.25, 0.3) is 0 Å². The van der Waals surface area contributed by atoms with Crippen LogP contribution in [0.15, 0.2) is 72.9 Å². The minimum absolute atomic E-state index is 0.0119. The van der Waals surface area contributed by atoms with E-state index < -0.39 is 11.7 Å². The number of fused-ring (bicyclic) bond motifs is 1. The van der Waals surface area contributed by atoms with Crippen molar-refractivity contribution in [3.63, 3.8) is 0 Å². The molecule has 196 valence electrons. The number of halogens is 1. The normalized spacial score (nSPS) is 10.7. The number of ether oxygens (including phenoxy) is 2. The molecule has 1 N–H and O–H groups in total. The average Bonchev–Trinajstić information content (AvgIpc) is 2.90. The van der Waals surface area contributed by atoms with Gasteiger partial charge in [0.15, 0.2) is 11.6 Å². The molecule has 7 nitrogen and oxygen atoms in total. The van der Waals surface area contributed by atoms with Crippen LogP contribution >= 0.6 is 0 Å². The van der Waals surface area contributed by atoms with Crippen LogP contribution in [0.1, 0.15) is 31.4 Å². The molecule has 0 spiro atoms. The van der Waals surface area contributed by atoms with Gasteiger partial charge in [0.05, 0.1) is 12.6 Å². The fraction of sp³-hybridized carbons (Fsp3) is 0.233. The molecule has 0 bridgehead atoms. The molecule has 4 aromatic rings. The monoisotopic (exact) mass is 515 g/mol. The first kappa shape index (κ1) is 26.6. The molecule has 2 amide bonds. The number of anilines is 1. The molecule has 0 aliphatic rings. The number of aryl methyl sites for hydroxylation is 1. The highest BCUT2D eigenvalue weighted by Crippen LogP contribution is 2.35. The standard InChI is InChI=1S/C30H30FN3O4/c1-4-8-22-15-24-26(17-29(22)37-3)32-14-13-27(24)38-28-12-11-23(16-25(28)31)33-30(36)19-34(20(2)35)18-21-9-6-5-7-10-21/h5-7,9-17H,4,8,18-19H2,1-3H3,(H,33,36). The second-order valence-corrected chi connectivity index (χ2v) is 8.90. The molecule has 0 unspecified atom stereocenters. The summed E-state index contributed by atoms with van der Waals surface area (Å²) in [5.74, 6) is -0.0726. The van der Waals surface area contributed by atoms with Crippen LogP contribution in [-0.4, -0.2) is 35.4 Å². The molecule has 0 saturated carbocycles. The fourth-order valence-electron chi connectivity index (χ4n) is 4.17. The number of carbonyl (C=O) groups excluding carboxylic acids is 2. The summed E-state index contributed by atoms with van der Waals surface area (Å²) >= 11 is 0. The molecule has 0 saturated heterocycles. The Morgan fingerprint density at radius 1 is 1.00 bits per heavy atom. The average molecular weight is 516 g/mol. The molecule has 0 atom stereocenters. The van der Waals surface area contributed by atoms with Crippen molar-refractivity contribution in [2.45, 2.75) is 33.2 Å². The number of hydrogen-bond donors (Lipinski definition) is 1. The topological polar surface area (TPSA) is 80.8 Å². The number of hydrogen-bond acceptors (Lipinski definition) is 5. The SMILES string of the molecule is CCCc1cc2c(Oc3ccc(NC(=O)CN(Cc4ccccc4)C(C)=O)cc3F)ccnc2cc1OC. The number of nitrogens with zero attached hydrogens (tertiary/aromatic N) is 2. The van der Waals surface area contributed by atoms with E-state index in [1.165, 1.54) is 24.0 Å². The van der Waals surface area contributed by atoms with Gasteiger partial charge in [-0.25, -0.2) is 4.39 Å². The Kier molecular flexibility index (Phi) is 8.53. The van der Waals surface area contributed by atoms with E-state index in [-0.39, 0.29) is 23.9 Å². The lowest BCUT2D eigenvalue weighted by molar-refractivity contribution is -0.133. The van der Waals surface area contributed by atoms with Crippen LogP contribution in [-0.2, 0) is 22.6 Å². The predicted octanol–water partition coefficient (Wildman–Crippen LogP) is 6.11. The molecule has 8 heteroatoms. The molecular formula is C30H30FN3O4. The summed E-state index contributed by atoms with van der Waals surface area (Å²) < 4.78 is 26.4. The Balaban J connectivity index is 1.48. The van der Waals surface area contributed by atoms with Crippen molar-refractivity contribution in [2.75, 3.05) is 19.0 Å². The summed E-state index contributed by atoms with van der Waals surface area (Å²) in [5.41, 5.74) is 2.87. The highest BCUT2D eigenvalue weighted by atomic mass is 19.1. The summed E-state index contributed by atoms with van der Waals surface area (Å²) in [7, 11) is 1.62. The molecule has 0 aliphatic heterocycles. The van der Waals surface area contributed by atoms with E-state index in [9.17, 15) is 9.59 Å². The number of nitrogens with one attached hydrogen (secondary N) is 1. The van der Waals surface area contributed by atoms with Gasteiger partial charge in [-0.15, -0.1) is 0 Å². The Morgan fingerprint density at radius 3 is 2.47 bits per heavy atom. The Labute approximate surface area is 221 Å². The van der Waals surface area contributed by atoms with Crippen LogP contribution in [0.2, 0.25) is 0 Å². The number of methoxy groups -OCH3 is 1. The van der Waals surface area contributed by atoms with Gasteiger partial charge in [-0.05, 0) is 41.8 Å². The second kappa shape index (κ2) is 12.2. The van der Waals surface area contributed by atoms with Gasteiger partial charge in [0, 0.05) is 42.9 Å². The van der Waals surface area contributed by atoms with Crippen LogP contribution in [0.3, 0.4) is 0 Å². The molecule has 38 heavy (non-hydrogen) atoms. The van der Waals surface area contributed by atoms with Crippen molar-refractivity contribution in [2.24, 2.45) is 0 Å². The second-order valence-electron chi connectivity index (χ2n) is 8.90. The third kappa shape index (κ3) is 6.45. The Bertz CT molecular complexity index is 1440. The quantitative estimate of drug-likeness (QED) is 0.275. The van der Waals surface area contributed by atoms with E-state index in [1.807, 2.05) is 42.5 Å². The number of amides is 2. The van der Waals surface area contributed by atoms with E-state index in [1.54, 1.807) is 25.4 Å². The lowest BCUT2D eigenvalue weighted by atomic mass is 10.0. The number of benzene rings is 3. The summed E-state index contributed by atoms with van der Waals surface area (Å²) in [4.78, 5) is 30.5. The molecule has 0 radical (unpaired) electrons. The summed E-state index contributed by atoms with van der Waals surface area (Å²) in [6, 6.07) is 19.1. The van der Waals surface area contributed by atoms with Crippen LogP contribution in [0.5, 0.6) is 17.2 Å². The van der Waals surface area contributed by atoms with E-state index in [0.717, 1.165) is 35.1 Å². The van der Waals surface area contributed by atoms with Gasteiger partial charge in [-0.3, -0.25) is 14.6 Å². The third-order valence-corrected chi connectivity index (χ3v) is 6.05. The lowest BCUT2D eigenvalue weighted by Crippen LogP contribution is -2.36. The molecule has 3 aromatic carbocycles. The molecule has 1 aromatic heterocycles. The van der Waals surface area contributed by atoms with Crippen molar-refractivity contribution in [1.29, 1.82) is 0 Å². The van der Waals surface area contributed by atoms with Crippen molar-refractivity contribution in [3.8, 4) is 17.2 Å². The number of aromatic nitrogens is 1.